The topological polar surface area (TPSA) is 54.3 Å². The lowest BCUT2D eigenvalue weighted by molar-refractivity contribution is -0.0159. The fourth-order valence-corrected chi connectivity index (χ4v) is 2.19. The van der Waals surface area contributed by atoms with E-state index in [0.717, 1.165) is 6.42 Å². The van der Waals surface area contributed by atoms with Gasteiger partial charge in [-0.1, -0.05) is 12.1 Å². The van der Waals surface area contributed by atoms with E-state index in [1.54, 1.807) is 19.2 Å². The van der Waals surface area contributed by atoms with Crippen LogP contribution in [0.5, 0.6) is 0 Å². The Hall–Kier alpha value is -1.48. The summed E-state index contributed by atoms with van der Waals surface area (Å²) >= 11 is 0. The minimum atomic E-state index is -0.452. The summed E-state index contributed by atoms with van der Waals surface area (Å²) in [6, 6.07) is 6.67. The molecule has 1 aliphatic heterocycles. The van der Waals surface area contributed by atoms with Crippen LogP contribution < -0.4 is 5.32 Å². The highest BCUT2D eigenvalue weighted by Gasteiger charge is 2.34. The fourth-order valence-electron chi connectivity index (χ4n) is 2.19. The number of ether oxygens (including phenoxy) is 2. The monoisotopic (exact) mass is 264 g/mol. The number of hydrogen-bond acceptors (Lipinski definition) is 4. The number of hydrogen-bond donors (Lipinski definition) is 1. The van der Waals surface area contributed by atoms with Crippen molar-refractivity contribution >= 4 is 0 Å². The Kier molecular flexibility index (Phi) is 4.48. The van der Waals surface area contributed by atoms with E-state index in [0.29, 0.717) is 31.9 Å². The van der Waals surface area contributed by atoms with Gasteiger partial charge in [0.25, 0.3) is 0 Å². The van der Waals surface area contributed by atoms with Crippen LogP contribution in [0.25, 0.3) is 0 Å². The van der Waals surface area contributed by atoms with Crippen LogP contribution in [0.4, 0.5) is 4.39 Å². The van der Waals surface area contributed by atoms with Crippen molar-refractivity contribution in [1.29, 1.82) is 5.26 Å². The molecule has 1 heterocycles. The van der Waals surface area contributed by atoms with Crippen molar-refractivity contribution in [3.05, 3.63) is 35.1 Å². The van der Waals surface area contributed by atoms with Crippen LogP contribution in [0.15, 0.2) is 18.2 Å². The minimum absolute atomic E-state index is 0.0740. The Morgan fingerprint density at radius 2 is 2.42 bits per heavy atom. The molecule has 5 heteroatoms. The first-order chi connectivity index (χ1) is 9.21. The van der Waals surface area contributed by atoms with Crippen molar-refractivity contribution in [2.24, 2.45) is 0 Å². The summed E-state index contributed by atoms with van der Waals surface area (Å²) in [6.07, 6.45) is 0.831. The summed E-state index contributed by atoms with van der Waals surface area (Å²) < 4.78 is 24.6. The van der Waals surface area contributed by atoms with E-state index in [2.05, 4.69) is 5.32 Å². The smallest absolute Gasteiger partial charge is 0.145 e. The van der Waals surface area contributed by atoms with E-state index < -0.39 is 5.82 Å². The van der Waals surface area contributed by atoms with Gasteiger partial charge in [-0.3, -0.25) is 0 Å². The molecule has 1 aromatic carbocycles. The summed E-state index contributed by atoms with van der Waals surface area (Å²) in [4.78, 5) is 0. The zero-order valence-corrected chi connectivity index (χ0v) is 10.9. The summed E-state index contributed by atoms with van der Waals surface area (Å²) in [5.74, 6) is -0.452. The number of rotatable bonds is 5. The third-order valence-electron chi connectivity index (χ3n) is 3.46. The molecule has 102 valence electrons. The Bertz CT molecular complexity index is 479. The molecule has 0 aromatic heterocycles. The van der Waals surface area contributed by atoms with Crippen LogP contribution in [0.1, 0.15) is 17.5 Å². The average molecular weight is 264 g/mol. The van der Waals surface area contributed by atoms with Crippen molar-refractivity contribution in [3.8, 4) is 6.07 Å². The molecule has 2 rings (SSSR count). The highest BCUT2D eigenvalue weighted by Crippen LogP contribution is 2.21. The molecule has 1 aromatic rings. The molecule has 1 aliphatic rings. The van der Waals surface area contributed by atoms with Crippen molar-refractivity contribution < 1.29 is 13.9 Å². The Morgan fingerprint density at radius 3 is 3.05 bits per heavy atom. The predicted octanol–water partition coefficient (Wildman–Crippen LogP) is 1.59. The first-order valence-electron chi connectivity index (χ1n) is 6.22. The number of benzene rings is 1. The van der Waals surface area contributed by atoms with Gasteiger partial charge in [-0.05, 0) is 6.07 Å². The van der Waals surface area contributed by atoms with Gasteiger partial charge in [0.2, 0.25) is 0 Å². The van der Waals surface area contributed by atoms with Gasteiger partial charge < -0.3 is 14.8 Å². The molecule has 4 nitrogen and oxygen atoms in total. The van der Waals surface area contributed by atoms with E-state index in [9.17, 15) is 4.39 Å². The van der Waals surface area contributed by atoms with Gasteiger partial charge in [-0.15, -0.1) is 0 Å². The molecule has 0 amide bonds. The van der Waals surface area contributed by atoms with E-state index in [1.807, 2.05) is 6.07 Å². The van der Waals surface area contributed by atoms with E-state index in [1.165, 1.54) is 6.07 Å². The molecule has 1 saturated heterocycles. The van der Waals surface area contributed by atoms with Gasteiger partial charge in [0.1, 0.15) is 17.5 Å². The molecule has 0 aliphatic carbocycles. The minimum Gasteiger partial charge on any atom is -0.378 e. The average Bonchev–Trinajstić information content (AvgIpc) is 2.90. The van der Waals surface area contributed by atoms with Gasteiger partial charge in [-0.25, -0.2) is 4.39 Å². The number of methoxy groups -OCH3 is 1. The maximum Gasteiger partial charge on any atom is 0.145 e. The highest BCUT2D eigenvalue weighted by molar-refractivity contribution is 5.34. The largest absolute Gasteiger partial charge is 0.378 e. The zero-order valence-electron chi connectivity index (χ0n) is 10.9. The van der Waals surface area contributed by atoms with Crippen LogP contribution in [-0.4, -0.2) is 32.5 Å². The second-order valence-electron chi connectivity index (χ2n) is 4.68. The van der Waals surface area contributed by atoms with Crippen molar-refractivity contribution in [1.82, 2.24) is 5.32 Å². The van der Waals surface area contributed by atoms with Crippen LogP contribution in [0.3, 0.4) is 0 Å². The predicted molar refractivity (Wildman–Crippen MR) is 68.0 cm³/mol. The first kappa shape index (κ1) is 13.9. The number of halogens is 1. The standard InChI is InChI=1S/C14H17FN2O2/c1-18-14(5-6-19-10-14)9-17-8-12-4-2-3-11(7-16)13(12)15/h2-4,17H,5-6,8-10H2,1H3. The van der Waals surface area contributed by atoms with Gasteiger partial charge in [0.15, 0.2) is 0 Å². The summed E-state index contributed by atoms with van der Waals surface area (Å²) in [6.45, 7) is 2.21. The molecule has 0 saturated carbocycles. The quantitative estimate of drug-likeness (QED) is 0.877. The van der Waals surface area contributed by atoms with Crippen molar-refractivity contribution in [2.45, 2.75) is 18.6 Å². The Labute approximate surface area is 112 Å². The molecule has 1 atom stereocenters. The Morgan fingerprint density at radius 1 is 1.58 bits per heavy atom. The first-order valence-corrected chi connectivity index (χ1v) is 6.22. The third kappa shape index (κ3) is 3.10. The summed E-state index contributed by atoms with van der Waals surface area (Å²) in [7, 11) is 1.66. The van der Waals surface area contributed by atoms with E-state index >= 15 is 0 Å². The second kappa shape index (κ2) is 6.11. The zero-order chi connectivity index (χ0) is 13.7. The van der Waals surface area contributed by atoms with E-state index in [-0.39, 0.29) is 11.2 Å². The van der Waals surface area contributed by atoms with Crippen LogP contribution >= 0.6 is 0 Å². The highest BCUT2D eigenvalue weighted by atomic mass is 19.1. The van der Waals surface area contributed by atoms with Gasteiger partial charge in [0.05, 0.1) is 12.2 Å². The van der Waals surface area contributed by atoms with E-state index in [4.69, 9.17) is 14.7 Å². The molecule has 0 spiro atoms. The third-order valence-corrected chi connectivity index (χ3v) is 3.46. The van der Waals surface area contributed by atoms with Crippen LogP contribution in [-0.2, 0) is 16.0 Å². The maximum absolute atomic E-state index is 13.8. The fraction of sp³-hybridized carbons (Fsp3) is 0.500. The normalized spacial score (nSPS) is 22.4. The van der Waals surface area contributed by atoms with Crippen molar-refractivity contribution in [2.75, 3.05) is 26.9 Å². The molecular weight excluding hydrogens is 247 g/mol. The molecule has 1 unspecified atom stereocenters. The molecule has 1 fully saturated rings. The lowest BCUT2D eigenvalue weighted by Gasteiger charge is -2.26. The lowest BCUT2D eigenvalue weighted by Crippen LogP contribution is -2.42. The van der Waals surface area contributed by atoms with Gasteiger partial charge in [0, 0.05) is 38.8 Å². The van der Waals surface area contributed by atoms with Gasteiger partial charge in [-0.2, -0.15) is 5.26 Å². The maximum atomic E-state index is 13.8. The molecular formula is C14H17FN2O2. The Balaban J connectivity index is 1.94. The number of nitriles is 1. The van der Waals surface area contributed by atoms with Crippen LogP contribution in [0, 0.1) is 17.1 Å². The second-order valence-corrected chi connectivity index (χ2v) is 4.68. The SMILES string of the molecule is COC1(CNCc2cccc(C#N)c2F)CCOC1. The molecule has 1 N–H and O–H groups in total. The van der Waals surface area contributed by atoms with Crippen molar-refractivity contribution in [3.63, 3.8) is 0 Å². The molecule has 0 bridgehead atoms. The number of nitrogens with one attached hydrogen (secondary N) is 1. The lowest BCUT2D eigenvalue weighted by atomic mass is 10.0. The van der Waals surface area contributed by atoms with Gasteiger partial charge >= 0.3 is 0 Å². The van der Waals surface area contributed by atoms with Crippen LogP contribution in [0.2, 0.25) is 0 Å². The summed E-state index contributed by atoms with van der Waals surface area (Å²) in [5.41, 5.74) is 0.248. The molecule has 0 radical (unpaired) electrons. The molecule has 19 heavy (non-hydrogen) atoms. The summed E-state index contributed by atoms with van der Waals surface area (Å²) in [5, 5.41) is 11.9. The number of nitrogens with zero attached hydrogens (tertiary/aromatic N) is 1.